The summed E-state index contributed by atoms with van der Waals surface area (Å²) in [4.78, 5) is 34.1. The number of Topliss-reactive ketones (excluding diaryl/α,β-unsaturated/α-hetero) is 1. The zero-order chi connectivity index (χ0) is 30.0. The molecule has 0 amide bonds. The number of carboxylic acid groups (broad SMARTS) is 1. The molecule has 1 aromatic heterocycles. The number of H-pyrrole nitrogens is 1. The van der Waals surface area contributed by atoms with Gasteiger partial charge in [-0.2, -0.15) is 0 Å². The number of halogens is 1. The zero-order valence-corrected chi connectivity index (χ0v) is 24.8. The largest absolute Gasteiger partial charge is 0.478 e. The van der Waals surface area contributed by atoms with Crippen molar-refractivity contribution in [2.75, 3.05) is 13.7 Å². The van der Waals surface area contributed by atoms with Crippen molar-refractivity contribution in [1.82, 2.24) is 9.97 Å². The normalized spacial score (nSPS) is 12.4. The fourth-order valence-electron chi connectivity index (χ4n) is 5.22. The zero-order valence-electron chi connectivity index (χ0n) is 24.1. The van der Waals surface area contributed by atoms with E-state index in [-0.39, 0.29) is 29.1 Å². The van der Waals surface area contributed by atoms with Crippen LogP contribution in [0, 0.1) is 0 Å². The lowest BCUT2D eigenvalue weighted by atomic mass is 9.87. The predicted octanol–water partition coefficient (Wildman–Crippen LogP) is 8.55. The number of hydrogen-bond donors (Lipinski definition) is 2. The molecule has 6 nitrogen and oxygen atoms in total. The lowest BCUT2D eigenvalue weighted by Gasteiger charge is -2.18. The highest BCUT2D eigenvalue weighted by molar-refractivity contribution is 6.31. The molecule has 0 saturated carbocycles. The van der Waals surface area contributed by atoms with E-state index >= 15 is 0 Å². The van der Waals surface area contributed by atoms with E-state index in [9.17, 15) is 14.7 Å². The molecule has 5 aromatic rings. The lowest BCUT2D eigenvalue weighted by molar-refractivity contribution is 0.0697. The van der Waals surface area contributed by atoms with Crippen molar-refractivity contribution in [2.24, 2.45) is 0 Å². The van der Waals surface area contributed by atoms with Crippen molar-refractivity contribution >= 4 is 34.4 Å². The van der Waals surface area contributed by atoms with E-state index in [1.807, 2.05) is 42.5 Å². The molecule has 42 heavy (non-hydrogen) atoms. The van der Waals surface area contributed by atoms with Gasteiger partial charge in [-0.05, 0) is 64.1 Å². The summed E-state index contributed by atoms with van der Waals surface area (Å²) in [5.41, 5.74) is 5.95. The van der Waals surface area contributed by atoms with Gasteiger partial charge >= 0.3 is 5.97 Å². The molecule has 7 heteroatoms. The summed E-state index contributed by atoms with van der Waals surface area (Å²) in [6.45, 7) is 6.85. The third kappa shape index (κ3) is 6.15. The van der Waals surface area contributed by atoms with Crippen molar-refractivity contribution in [2.45, 2.75) is 38.5 Å². The molecular formula is C35H33ClN2O4. The molecule has 0 aliphatic carbocycles. The molecule has 4 aromatic carbocycles. The minimum atomic E-state index is -1.14. The number of ketones is 1. The number of nitrogens with zero attached hydrogens (tertiary/aromatic N) is 1. The van der Waals surface area contributed by atoms with E-state index < -0.39 is 5.97 Å². The molecule has 214 valence electrons. The molecule has 0 unspecified atom stereocenters. The summed E-state index contributed by atoms with van der Waals surface area (Å²) in [5, 5.41) is 10.7. The number of aromatic amines is 1. The molecule has 2 N–H and O–H groups in total. The Kier molecular flexibility index (Phi) is 8.30. The number of fused-ring (bicyclic) bond motifs is 1. The van der Waals surface area contributed by atoms with Crippen LogP contribution in [-0.2, 0) is 10.2 Å². The predicted molar refractivity (Wildman–Crippen MR) is 168 cm³/mol. The molecule has 0 spiro atoms. The molecule has 0 fully saturated rings. The van der Waals surface area contributed by atoms with E-state index in [0.29, 0.717) is 39.7 Å². The van der Waals surface area contributed by atoms with Crippen LogP contribution in [0.25, 0.3) is 33.5 Å². The van der Waals surface area contributed by atoms with Crippen LogP contribution in [-0.4, -0.2) is 40.5 Å². The molecule has 0 bridgehead atoms. The molecular weight excluding hydrogens is 548 g/mol. The second kappa shape index (κ2) is 11.9. The van der Waals surface area contributed by atoms with Gasteiger partial charge in [-0.3, -0.25) is 4.79 Å². The molecule has 0 radical (unpaired) electrons. The number of rotatable bonds is 9. The Labute approximate surface area is 250 Å². The van der Waals surface area contributed by atoms with Crippen LogP contribution in [0.1, 0.15) is 65.0 Å². The summed E-state index contributed by atoms with van der Waals surface area (Å²) in [6, 6.07) is 26.0. The lowest BCUT2D eigenvalue weighted by Crippen LogP contribution is -2.13. The first-order valence-corrected chi connectivity index (χ1v) is 14.2. The molecule has 5 rings (SSSR count). The van der Waals surface area contributed by atoms with Gasteiger partial charge in [-0.15, -0.1) is 0 Å². The number of hydrogen-bond acceptors (Lipinski definition) is 4. The average Bonchev–Trinajstić information content (AvgIpc) is 3.40. The molecule has 0 saturated heterocycles. The minimum Gasteiger partial charge on any atom is -0.478 e. The third-order valence-electron chi connectivity index (χ3n) is 7.52. The first-order chi connectivity index (χ1) is 20.0. The van der Waals surface area contributed by atoms with Gasteiger partial charge in [0.2, 0.25) is 0 Å². The maximum absolute atomic E-state index is 13.4. The van der Waals surface area contributed by atoms with Gasteiger partial charge in [-0.25, -0.2) is 9.78 Å². The van der Waals surface area contributed by atoms with Crippen LogP contribution in [0.5, 0.6) is 0 Å². The summed E-state index contributed by atoms with van der Waals surface area (Å²) in [5.74, 6) is -0.845. The number of nitrogens with one attached hydrogen (secondary N) is 1. The molecule has 1 atom stereocenters. The van der Waals surface area contributed by atoms with Gasteiger partial charge in [-0.1, -0.05) is 80.9 Å². The maximum Gasteiger partial charge on any atom is 0.336 e. The first-order valence-electron chi connectivity index (χ1n) is 13.8. The first kappa shape index (κ1) is 29.2. The van der Waals surface area contributed by atoms with Crippen LogP contribution in [0.4, 0.5) is 0 Å². The Morgan fingerprint density at radius 3 is 2.36 bits per heavy atom. The number of carbonyl (C=O) groups is 2. The van der Waals surface area contributed by atoms with Gasteiger partial charge in [0, 0.05) is 35.6 Å². The second-order valence-corrected chi connectivity index (χ2v) is 11.9. The highest BCUT2D eigenvalue weighted by atomic mass is 35.5. The highest BCUT2D eigenvalue weighted by Crippen LogP contribution is 2.37. The van der Waals surface area contributed by atoms with Crippen LogP contribution in [0.2, 0.25) is 5.02 Å². The van der Waals surface area contributed by atoms with Crippen LogP contribution < -0.4 is 0 Å². The quantitative estimate of drug-likeness (QED) is 0.170. The van der Waals surface area contributed by atoms with Gasteiger partial charge in [0.25, 0.3) is 0 Å². The smallest absolute Gasteiger partial charge is 0.336 e. The summed E-state index contributed by atoms with van der Waals surface area (Å²) in [6.07, 6.45) is 0.189. The number of carbonyl (C=O) groups excluding carboxylic acids is 1. The standard InChI is InChI=1S/C35H33ClN2O4/c1-35(2,3)24-11-15-30-31(18-24)38-33(37-30)27-14-12-25(36)19-28(27)26-13-10-22(16-29(26)34(40)41)32(39)17-23(20-42-4)21-8-6-5-7-9-21/h5-16,18-19,23H,17,20H2,1-4H3,(H,37,38)(H,40,41)/t23-/m1/s1. The van der Waals surface area contributed by atoms with Crippen molar-refractivity contribution in [1.29, 1.82) is 0 Å². The minimum absolute atomic E-state index is 0.0125. The Bertz CT molecular complexity index is 1770. The maximum atomic E-state index is 13.4. The number of ether oxygens (including phenoxy) is 1. The SMILES string of the molecule is COC[C@@H](CC(=O)c1ccc(-c2cc(Cl)ccc2-c2nc3ccc(C(C)(C)C)cc3[nH]2)c(C(=O)O)c1)c1ccccc1. The Morgan fingerprint density at radius 1 is 0.929 bits per heavy atom. The number of methoxy groups -OCH3 is 1. The van der Waals surface area contributed by atoms with E-state index in [0.717, 1.165) is 16.6 Å². The van der Waals surface area contributed by atoms with Crippen LogP contribution >= 0.6 is 11.6 Å². The molecule has 0 aliphatic heterocycles. The summed E-state index contributed by atoms with van der Waals surface area (Å²) >= 11 is 6.42. The van der Waals surface area contributed by atoms with E-state index in [1.165, 1.54) is 11.6 Å². The Morgan fingerprint density at radius 2 is 1.67 bits per heavy atom. The van der Waals surface area contributed by atoms with Crippen LogP contribution in [0.3, 0.4) is 0 Å². The number of carboxylic acids is 1. The summed E-state index contributed by atoms with van der Waals surface area (Å²) < 4.78 is 5.38. The third-order valence-corrected chi connectivity index (χ3v) is 7.75. The molecule has 1 heterocycles. The van der Waals surface area contributed by atoms with E-state index in [1.54, 1.807) is 31.4 Å². The Hall–Kier alpha value is -4.26. The number of benzene rings is 4. The molecule has 0 aliphatic rings. The monoisotopic (exact) mass is 580 g/mol. The Balaban J connectivity index is 1.54. The fourth-order valence-corrected chi connectivity index (χ4v) is 5.39. The van der Waals surface area contributed by atoms with Gasteiger partial charge < -0.3 is 14.8 Å². The van der Waals surface area contributed by atoms with Crippen molar-refractivity contribution in [3.05, 3.63) is 112 Å². The number of aromatic carboxylic acids is 1. The average molecular weight is 581 g/mol. The van der Waals surface area contributed by atoms with E-state index in [2.05, 4.69) is 37.9 Å². The van der Waals surface area contributed by atoms with Gasteiger partial charge in [0.05, 0.1) is 23.2 Å². The number of imidazole rings is 1. The van der Waals surface area contributed by atoms with Crippen molar-refractivity contribution in [3.63, 3.8) is 0 Å². The van der Waals surface area contributed by atoms with Crippen molar-refractivity contribution in [3.8, 4) is 22.5 Å². The van der Waals surface area contributed by atoms with E-state index in [4.69, 9.17) is 21.3 Å². The van der Waals surface area contributed by atoms with Gasteiger partial charge in [0.1, 0.15) is 5.82 Å². The van der Waals surface area contributed by atoms with Gasteiger partial charge in [0.15, 0.2) is 5.78 Å². The summed E-state index contributed by atoms with van der Waals surface area (Å²) in [7, 11) is 1.60. The number of aromatic nitrogens is 2. The second-order valence-electron chi connectivity index (χ2n) is 11.5. The van der Waals surface area contributed by atoms with Crippen LogP contribution in [0.15, 0.2) is 84.9 Å². The fraction of sp³-hybridized carbons (Fsp3) is 0.229. The highest BCUT2D eigenvalue weighted by Gasteiger charge is 2.23. The van der Waals surface area contributed by atoms with Crippen molar-refractivity contribution < 1.29 is 19.4 Å². The topological polar surface area (TPSA) is 92.3 Å².